The summed E-state index contributed by atoms with van der Waals surface area (Å²) >= 11 is 0. The van der Waals surface area contributed by atoms with Crippen LogP contribution in [0, 0.1) is 0 Å². The van der Waals surface area contributed by atoms with Crippen LogP contribution in [0.2, 0.25) is 0 Å². The van der Waals surface area contributed by atoms with Crippen molar-refractivity contribution in [3.63, 3.8) is 0 Å². The second-order valence-corrected chi connectivity index (χ2v) is 4.30. The summed E-state index contributed by atoms with van der Waals surface area (Å²) in [5.74, 6) is 0. The monoisotopic (exact) mass is 241 g/mol. The Bertz CT molecular complexity index is 400. The number of nitrogens with zero attached hydrogens (tertiary/aromatic N) is 2. The molecule has 0 aliphatic rings. The molecule has 0 bridgehead atoms. The normalized spacial score (nSPS) is 10.8. The van der Waals surface area contributed by atoms with Gasteiger partial charge in [0.1, 0.15) is 0 Å². The third kappa shape index (κ3) is 3.93. The van der Waals surface area contributed by atoms with Crippen LogP contribution < -0.4 is 5.32 Å². The maximum atomic E-state index is 4.38. The first-order chi connectivity index (χ1) is 8.88. The molecule has 3 heteroatoms. The maximum Gasteiger partial charge on any atom is 0.0419 e. The second-order valence-electron chi connectivity index (χ2n) is 4.30. The van der Waals surface area contributed by atoms with Crippen LogP contribution in [-0.4, -0.2) is 22.6 Å². The summed E-state index contributed by atoms with van der Waals surface area (Å²) < 4.78 is 0. The van der Waals surface area contributed by atoms with Crippen LogP contribution >= 0.6 is 0 Å². The average Bonchev–Trinajstić information content (AvgIpc) is 2.41. The van der Waals surface area contributed by atoms with Crippen molar-refractivity contribution in [3.05, 3.63) is 60.2 Å². The van der Waals surface area contributed by atoms with Gasteiger partial charge in [0.15, 0.2) is 0 Å². The van der Waals surface area contributed by atoms with Crippen LogP contribution in [0.1, 0.15) is 18.3 Å². The molecule has 2 aromatic rings. The first-order valence-electron chi connectivity index (χ1n) is 6.41. The van der Waals surface area contributed by atoms with Gasteiger partial charge in [0.2, 0.25) is 0 Å². The molecule has 1 N–H and O–H groups in total. The zero-order valence-corrected chi connectivity index (χ0v) is 10.7. The lowest BCUT2D eigenvalue weighted by Crippen LogP contribution is -2.33. The minimum absolute atomic E-state index is 0.389. The molecule has 0 aromatic carbocycles. The van der Waals surface area contributed by atoms with Crippen LogP contribution in [0.25, 0.3) is 0 Å². The van der Waals surface area contributed by atoms with E-state index in [4.69, 9.17) is 0 Å². The largest absolute Gasteiger partial charge is 0.313 e. The molecule has 0 radical (unpaired) electrons. The lowest BCUT2D eigenvalue weighted by molar-refractivity contribution is 0.512. The molecule has 0 atom stereocenters. The van der Waals surface area contributed by atoms with Crippen LogP contribution in [0.15, 0.2) is 48.8 Å². The van der Waals surface area contributed by atoms with Gasteiger partial charge in [0.05, 0.1) is 0 Å². The van der Waals surface area contributed by atoms with E-state index in [1.54, 1.807) is 0 Å². The molecule has 3 nitrogen and oxygen atoms in total. The Morgan fingerprint density at radius 1 is 0.944 bits per heavy atom. The van der Waals surface area contributed by atoms with E-state index in [2.05, 4.69) is 34.3 Å². The third-order valence-corrected chi connectivity index (χ3v) is 2.86. The zero-order chi connectivity index (χ0) is 12.6. The van der Waals surface area contributed by atoms with E-state index in [9.17, 15) is 0 Å². The van der Waals surface area contributed by atoms with Crippen molar-refractivity contribution in [3.8, 4) is 0 Å². The highest BCUT2D eigenvalue weighted by molar-refractivity contribution is 5.09. The van der Waals surface area contributed by atoms with E-state index in [0.717, 1.165) is 30.8 Å². The highest BCUT2D eigenvalue weighted by Gasteiger charge is 2.10. The molecule has 2 rings (SSSR count). The summed E-state index contributed by atoms with van der Waals surface area (Å²) in [6.45, 7) is 3.09. The molecule has 2 aromatic heterocycles. The Hall–Kier alpha value is -1.74. The number of likely N-dealkylation sites (N-methyl/N-ethyl adjacent to an activating group) is 1. The number of aromatic nitrogens is 2. The Morgan fingerprint density at radius 2 is 1.50 bits per heavy atom. The average molecular weight is 241 g/mol. The molecule has 0 saturated carbocycles. The second kappa shape index (κ2) is 6.87. The Labute approximate surface area is 108 Å². The molecule has 2 heterocycles. The van der Waals surface area contributed by atoms with Crippen molar-refractivity contribution in [2.45, 2.75) is 25.8 Å². The van der Waals surface area contributed by atoms with Gasteiger partial charge in [-0.3, -0.25) is 9.97 Å². The van der Waals surface area contributed by atoms with Gasteiger partial charge in [-0.2, -0.15) is 0 Å². The smallest absolute Gasteiger partial charge is 0.0419 e. The van der Waals surface area contributed by atoms with Crippen molar-refractivity contribution in [2.24, 2.45) is 0 Å². The highest BCUT2D eigenvalue weighted by Crippen LogP contribution is 2.05. The van der Waals surface area contributed by atoms with Crippen LogP contribution in [-0.2, 0) is 12.8 Å². The zero-order valence-electron chi connectivity index (χ0n) is 10.7. The fraction of sp³-hybridized carbons (Fsp3) is 0.333. The van der Waals surface area contributed by atoms with Crippen molar-refractivity contribution < 1.29 is 0 Å². The minimum atomic E-state index is 0.389. The van der Waals surface area contributed by atoms with Gasteiger partial charge in [0, 0.05) is 42.7 Å². The van der Waals surface area contributed by atoms with Gasteiger partial charge < -0.3 is 5.32 Å². The molecule has 0 aliphatic heterocycles. The first-order valence-corrected chi connectivity index (χ1v) is 6.41. The molecule has 0 amide bonds. The fourth-order valence-electron chi connectivity index (χ4n) is 2.05. The topological polar surface area (TPSA) is 37.8 Å². The Kier molecular flexibility index (Phi) is 4.85. The van der Waals surface area contributed by atoms with Crippen LogP contribution in [0.4, 0.5) is 0 Å². The summed E-state index contributed by atoms with van der Waals surface area (Å²) in [5, 5.41) is 3.50. The molecule has 0 saturated heterocycles. The molecule has 0 spiro atoms. The predicted octanol–water partition coefficient (Wildman–Crippen LogP) is 2.24. The van der Waals surface area contributed by atoms with E-state index >= 15 is 0 Å². The van der Waals surface area contributed by atoms with Gasteiger partial charge in [-0.1, -0.05) is 19.1 Å². The minimum Gasteiger partial charge on any atom is -0.313 e. The van der Waals surface area contributed by atoms with Gasteiger partial charge in [-0.25, -0.2) is 0 Å². The lowest BCUT2D eigenvalue weighted by atomic mass is 10.0. The Morgan fingerprint density at radius 3 is 1.89 bits per heavy atom. The number of pyridine rings is 2. The van der Waals surface area contributed by atoms with Gasteiger partial charge >= 0.3 is 0 Å². The molecule has 0 fully saturated rings. The molecule has 18 heavy (non-hydrogen) atoms. The van der Waals surface area contributed by atoms with Gasteiger partial charge in [0.25, 0.3) is 0 Å². The summed E-state index contributed by atoms with van der Waals surface area (Å²) in [5.41, 5.74) is 2.25. The number of nitrogens with one attached hydrogen (secondary N) is 1. The van der Waals surface area contributed by atoms with Crippen molar-refractivity contribution in [2.75, 3.05) is 6.54 Å². The van der Waals surface area contributed by atoms with Gasteiger partial charge in [-0.05, 0) is 30.8 Å². The van der Waals surface area contributed by atoms with Crippen LogP contribution in [0.3, 0.4) is 0 Å². The summed E-state index contributed by atoms with van der Waals surface area (Å²) in [6, 6.07) is 12.5. The quantitative estimate of drug-likeness (QED) is 0.843. The predicted molar refractivity (Wildman–Crippen MR) is 73.3 cm³/mol. The van der Waals surface area contributed by atoms with E-state index in [1.165, 1.54) is 0 Å². The van der Waals surface area contributed by atoms with Crippen molar-refractivity contribution in [1.82, 2.24) is 15.3 Å². The van der Waals surface area contributed by atoms with Crippen LogP contribution in [0.5, 0.6) is 0 Å². The van der Waals surface area contributed by atoms with E-state index in [0.29, 0.717) is 6.04 Å². The number of hydrogen-bond acceptors (Lipinski definition) is 3. The van der Waals surface area contributed by atoms with Gasteiger partial charge in [-0.15, -0.1) is 0 Å². The summed E-state index contributed by atoms with van der Waals surface area (Å²) in [7, 11) is 0. The molecule has 0 unspecified atom stereocenters. The Balaban J connectivity index is 2.00. The number of rotatable bonds is 6. The first kappa shape index (κ1) is 12.7. The SMILES string of the molecule is CCNC(Cc1ccccn1)Cc1ccccn1. The third-order valence-electron chi connectivity index (χ3n) is 2.86. The standard InChI is InChI=1S/C15H19N3/c1-2-16-15(11-13-7-3-5-9-17-13)12-14-8-4-6-10-18-14/h3-10,15-16H,2,11-12H2,1H3. The molecular formula is C15H19N3. The molecule has 0 aliphatic carbocycles. The molecular weight excluding hydrogens is 222 g/mol. The van der Waals surface area contributed by atoms with E-state index < -0.39 is 0 Å². The van der Waals surface area contributed by atoms with E-state index in [1.807, 2.05) is 36.7 Å². The van der Waals surface area contributed by atoms with E-state index in [-0.39, 0.29) is 0 Å². The summed E-state index contributed by atoms with van der Waals surface area (Å²) in [4.78, 5) is 8.76. The molecule has 94 valence electrons. The highest BCUT2D eigenvalue weighted by atomic mass is 14.9. The lowest BCUT2D eigenvalue weighted by Gasteiger charge is -2.17. The van der Waals surface area contributed by atoms with Crippen molar-refractivity contribution in [1.29, 1.82) is 0 Å². The fourth-order valence-corrected chi connectivity index (χ4v) is 2.05. The summed E-state index contributed by atoms with van der Waals surface area (Å²) in [6.07, 6.45) is 5.56. The van der Waals surface area contributed by atoms with Crippen molar-refractivity contribution >= 4 is 0 Å². The maximum absolute atomic E-state index is 4.38. The number of hydrogen-bond donors (Lipinski definition) is 1.